The summed E-state index contributed by atoms with van der Waals surface area (Å²) in [5.41, 5.74) is 4.91. The van der Waals surface area contributed by atoms with Crippen LogP contribution in [0.15, 0.2) is 48.7 Å². The molecule has 0 fully saturated rings. The molecule has 24 heavy (non-hydrogen) atoms. The molecule has 0 radical (unpaired) electrons. The van der Waals surface area contributed by atoms with Crippen LogP contribution < -0.4 is 0 Å². The Morgan fingerprint density at radius 2 is 1.75 bits per heavy atom. The third-order valence-corrected chi connectivity index (χ3v) is 4.08. The van der Waals surface area contributed by atoms with E-state index in [-0.39, 0.29) is 5.78 Å². The van der Waals surface area contributed by atoms with Crippen molar-refractivity contribution in [3.8, 4) is 6.07 Å². The highest BCUT2D eigenvalue weighted by atomic mass is 16.1. The predicted octanol–water partition coefficient (Wildman–Crippen LogP) is 3.96. The Balaban J connectivity index is 2.16. The highest BCUT2D eigenvalue weighted by Gasteiger charge is 2.14. The van der Waals surface area contributed by atoms with Crippen LogP contribution in [0.4, 0.5) is 0 Å². The molecule has 0 atom stereocenters. The zero-order valence-electron chi connectivity index (χ0n) is 13.9. The number of hydrogen-bond donors (Lipinski definition) is 0. The van der Waals surface area contributed by atoms with E-state index in [4.69, 9.17) is 5.26 Å². The molecule has 0 spiro atoms. The molecule has 0 unspecified atom stereocenters. The standard InChI is InChI=1S/C20H17N3O/c1-13(16-6-4-15(11-21)5-7-16)20(14(2)24)17-8-9-19-18(10-17)12-23(3)22-19/h4-10,12H,1-3H3. The van der Waals surface area contributed by atoms with Crippen molar-refractivity contribution in [2.45, 2.75) is 13.8 Å². The monoisotopic (exact) mass is 315 g/mol. The van der Waals surface area contributed by atoms with E-state index in [9.17, 15) is 4.79 Å². The average molecular weight is 315 g/mol. The number of carbonyl (C=O) groups excluding carboxylic acids is 1. The van der Waals surface area contributed by atoms with Crippen LogP contribution in [-0.4, -0.2) is 15.6 Å². The van der Waals surface area contributed by atoms with E-state index in [2.05, 4.69) is 11.2 Å². The van der Waals surface area contributed by atoms with E-state index < -0.39 is 0 Å². The van der Waals surface area contributed by atoms with Crippen molar-refractivity contribution in [1.82, 2.24) is 9.78 Å². The van der Waals surface area contributed by atoms with Gasteiger partial charge in [0.1, 0.15) is 0 Å². The summed E-state index contributed by atoms with van der Waals surface area (Å²) in [4.78, 5) is 12.3. The lowest BCUT2D eigenvalue weighted by Crippen LogP contribution is -1.99. The van der Waals surface area contributed by atoms with E-state index in [1.165, 1.54) is 0 Å². The quantitative estimate of drug-likeness (QED) is 0.543. The molecule has 1 heterocycles. The maximum atomic E-state index is 12.3. The number of carbonyl (C=O) groups is 1. The van der Waals surface area contributed by atoms with Crippen LogP contribution in [0, 0.1) is 11.3 Å². The molecular formula is C20H17N3O. The number of Topliss-reactive ketones (excluding diaryl/α,β-unsaturated/α-hetero) is 1. The minimum Gasteiger partial charge on any atom is -0.294 e. The van der Waals surface area contributed by atoms with Crippen LogP contribution in [0.5, 0.6) is 0 Å². The summed E-state index contributed by atoms with van der Waals surface area (Å²) in [5, 5.41) is 14.3. The largest absolute Gasteiger partial charge is 0.294 e. The molecule has 0 aliphatic carbocycles. The zero-order chi connectivity index (χ0) is 17.3. The third-order valence-electron chi connectivity index (χ3n) is 4.08. The van der Waals surface area contributed by atoms with Crippen molar-refractivity contribution in [1.29, 1.82) is 5.26 Å². The molecule has 0 aliphatic rings. The first-order valence-electron chi connectivity index (χ1n) is 7.65. The second-order valence-corrected chi connectivity index (χ2v) is 5.82. The number of hydrogen-bond acceptors (Lipinski definition) is 3. The molecule has 1 aromatic heterocycles. The van der Waals surface area contributed by atoms with Gasteiger partial charge in [-0.15, -0.1) is 0 Å². The normalized spacial score (nSPS) is 11.9. The number of ketones is 1. The Morgan fingerprint density at radius 1 is 1.08 bits per heavy atom. The summed E-state index contributed by atoms with van der Waals surface area (Å²) < 4.78 is 1.76. The Labute approximate surface area is 140 Å². The van der Waals surface area contributed by atoms with E-state index in [1.54, 1.807) is 23.7 Å². The molecule has 0 aliphatic heterocycles. The molecule has 3 aromatic rings. The Hall–Kier alpha value is -3.19. The zero-order valence-corrected chi connectivity index (χ0v) is 13.9. The van der Waals surface area contributed by atoms with Gasteiger partial charge in [-0.25, -0.2) is 0 Å². The summed E-state index contributed by atoms with van der Waals surface area (Å²) in [7, 11) is 1.88. The first-order valence-corrected chi connectivity index (χ1v) is 7.65. The van der Waals surface area contributed by atoms with Gasteiger partial charge < -0.3 is 0 Å². The Kier molecular flexibility index (Phi) is 4.01. The second-order valence-electron chi connectivity index (χ2n) is 5.82. The van der Waals surface area contributed by atoms with Gasteiger partial charge in [-0.2, -0.15) is 10.4 Å². The van der Waals surface area contributed by atoms with Crippen LogP contribution in [-0.2, 0) is 11.8 Å². The highest BCUT2D eigenvalue weighted by molar-refractivity contribution is 6.27. The molecular weight excluding hydrogens is 298 g/mol. The van der Waals surface area contributed by atoms with Gasteiger partial charge in [0.25, 0.3) is 0 Å². The van der Waals surface area contributed by atoms with Crippen LogP contribution in [0.2, 0.25) is 0 Å². The molecule has 4 heteroatoms. The predicted molar refractivity (Wildman–Crippen MR) is 95.0 cm³/mol. The van der Waals surface area contributed by atoms with Gasteiger partial charge in [-0.05, 0) is 54.8 Å². The first kappa shape index (κ1) is 15.7. The topological polar surface area (TPSA) is 58.7 Å². The fourth-order valence-corrected chi connectivity index (χ4v) is 2.93. The highest BCUT2D eigenvalue weighted by Crippen LogP contribution is 2.29. The molecule has 3 rings (SSSR count). The Bertz CT molecular complexity index is 1000. The lowest BCUT2D eigenvalue weighted by atomic mass is 9.92. The second kappa shape index (κ2) is 6.13. The van der Waals surface area contributed by atoms with Gasteiger partial charge >= 0.3 is 0 Å². The molecule has 118 valence electrons. The van der Waals surface area contributed by atoms with Crippen molar-refractivity contribution in [3.63, 3.8) is 0 Å². The van der Waals surface area contributed by atoms with Crippen LogP contribution >= 0.6 is 0 Å². The molecule has 0 N–H and O–H groups in total. The Morgan fingerprint density at radius 3 is 2.38 bits per heavy atom. The van der Waals surface area contributed by atoms with Gasteiger partial charge in [0.15, 0.2) is 5.78 Å². The minimum absolute atomic E-state index is 0.0140. The number of benzene rings is 2. The molecule has 4 nitrogen and oxygen atoms in total. The molecule has 0 amide bonds. The number of allylic oxidation sites excluding steroid dienone is 2. The number of aryl methyl sites for hydroxylation is 1. The average Bonchev–Trinajstić information content (AvgIpc) is 2.94. The van der Waals surface area contributed by atoms with Crippen molar-refractivity contribution in [2.24, 2.45) is 7.05 Å². The van der Waals surface area contributed by atoms with E-state index in [0.717, 1.165) is 27.6 Å². The van der Waals surface area contributed by atoms with Gasteiger partial charge in [0.05, 0.1) is 17.1 Å². The fourth-order valence-electron chi connectivity index (χ4n) is 2.93. The van der Waals surface area contributed by atoms with Crippen LogP contribution in [0.3, 0.4) is 0 Å². The first-order chi connectivity index (χ1) is 11.5. The number of rotatable bonds is 3. The van der Waals surface area contributed by atoms with Gasteiger partial charge in [0, 0.05) is 24.2 Å². The fraction of sp³-hybridized carbons (Fsp3) is 0.150. The molecule has 2 aromatic carbocycles. The summed E-state index contributed by atoms with van der Waals surface area (Å²) in [5.74, 6) is 0.0140. The SMILES string of the molecule is CC(=O)C(=C(C)c1ccc(C#N)cc1)c1ccc2nn(C)cc2c1. The van der Waals surface area contributed by atoms with Gasteiger partial charge in [-0.1, -0.05) is 18.2 Å². The van der Waals surface area contributed by atoms with Gasteiger partial charge in [0.2, 0.25) is 0 Å². The number of nitrogens with zero attached hydrogens (tertiary/aromatic N) is 3. The molecule has 0 bridgehead atoms. The van der Waals surface area contributed by atoms with Crippen molar-refractivity contribution in [3.05, 3.63) is 65.4 Å². The van der Waals surface area contributed by atoms with E-state index in [0.29, 0.717) is 11.1 Å². The number of nitriles is 1. The summed E-state index contributed by atoms with van der Waals surface area (Å²) in [6.07, 6.45) is 1.94. The maximum Gasteiger partial charge on any atom is 0.160 e. The van der Waals surface area contributed by atoms with Crippen LogP contribution in [0.1, 0.15) is 30.5 Å². The van der Waals surface area contributed by atoms with Crippen molar-refractivity contribution in [2.75, 3.05) is 0 Å². The van der Waals surface area contributed by atoms with Crippen molar-refractivity contribution >= 4 is 27.8 Å². The van der Waals surface area contributed by atoms with E-state index >= 15 is 0 Å². The lowest BCUT2D eigenvalue weighted by Gasteiger charge is -2.11. The van der Waals surface area contributed by atoms with E-state index in [1.807, 2.05) is 50.5 Å². The summed E-state index contributed by atoms with van der Waals surface area (Å²) in [6, 6.07) is 15.2. The maximum absolute atomic E-state index is 12.3. The summed E-state index contributed by atoms with van der Waals surface area (Å²) >= 11 is 0. The van der Waals surface area contributed by atoms with Crippen molar-refractivity contribution < 1.29 is 4.79 Å². The third kappa shape index (κ3) is 2.84. The smallest absolute Gasteiger partial charge is 0.160 e. The summed E-state index contributed by atoms with van der Waals surface area (Å²) in [6.45, 7) is 3.52. The lowest BCUT2D eigenvalue weighted by molar-refractivity contribution is -0.111. The molecule has 0 saturated heterocycles. The minimum atomic E-state index is 0.0140. The number of fused-ring (bicyclic) bond motifs is 1. The molecule has 0 saturated carbocycles. The number of aromatic nitrogens is 2. The van der Waals surface area contributed by atoms with Gasteiger partial charge in [-0.3, -0.25) is 9.48 Å². The van der Waals surface area contributed by atoms with Crippen LogP contribution in [0.25, 0.3) is 22.0 Å².